The molecule has 0 amide bonds. The van der Waals surface area contributed by atoms with Gasteiger partial charge in [0.25, 0.3) is 0 Å². The summed E-state index contributed by atoms with van der Waals surface area (Å²) < 4.78 is 4.71. The number of hydrogen-bond acceptors (Lipinski definition) is 6. The van der Waals surface area contributed by atoms with E-state index in [1.165, 1.54) is 6.08 Å². The number of thiophene rings is 1. The van der Waals surface area contributed by atoms with E-state index in [1.54, 1.807) is 13.0 Å². The highest BCUT2D eigenvalue weighted by Crippen LogP contribution is 2.35. The van der Waals surface area contributed by atoms with Crippen molar-refractivity contribution in [1.82, 2.24) is 0 Å². The Bertz CT molecular complexity index is 593. The van der Waals surface area contributed by atoms with Crippen LogP contribution >= 0.6 is 22.9 Å². The van der Waals surface area contributed by atoms with Gasteiger partial charge in [0.1, 0.15) is 28.3 Å². The van der Waals surface area contributed by atoms with Gasteiger partial charge >= 0.3 is 5.97 Å². The highest BCUT2D eigenvalue weighted by atomic mass is 35.5. The molecule has 0 spiro atoms. The number of carbonyl (C=O) groups excluding carboxylic acids is 1. The number of rotatable bonds is 3. The van der Waals surface area contributed by atoms with E-state index in [1.807, 2.05) is 6.07 Å². The molecule has 18 heavy (non-hydrogen) atoms. The lowest BCUT2D eigenvalue weighted by Crippen LogP contribution is -2.05. The lowest BCUT2D eigenvalue weighted by Gasteiger charge is -1.98. The molecule has 1 aromatic rings. The van der Waals surface area contributed by atoms with E-state index in [4.69, 9.17) is 32.6 Å². The van der Waals surface area contributed by atoms with Crippen molar-refractivity contribution in [2.75, 3.05) is 12.3 Å². The van der Waals surface area contributed by atoms with Crippen molar-refractivity contribution in [3.8, 4) is 12.1 Å². The number of nitrogens with zero attached hydrogens (tertiary/aromatic N) is 2. The summed E-state index contributed by atoms with van der Waals surface area (Å²) in [5.74, 6) is -0.735. The fraction of sp³-hybridized carbons (Fsp3) is 0.182. The summed E-state index contributed by atoms with van der Waals surface area (Å²) >= 11 is 6.95. The van der Waals surface area contributed by atoms with Gasteiger partial charge in [-0.05, 0) is 13.0 Å². The van der Waals surface area contributed by atoms with Gasteiger partial charge in [-0.15, -0.1) is 11.3 Å². The normalized spacial score (nSPS) is 10.6. The molecule has 2 N–H and O–H groups in total. The average Bonchev–Trinajstić information content (AvgIpc) is 2.61. The molecule has 0 radical (unpaired) electrons. The average molecular weight is 282 g/mol. The molecule has 0 fully saturated rings. The predicted octanol–water partition coefficient (Wildman–Crippen LogP) is 2.33. The molecule has 0 aliphatic heterocycles. The number of ether oxygens (including phenoxy) is 1. The van der Waals surface area contributed by atoms with Crippen LogP contribution in [0.25, 0.3) is 6.08 Å². The minimum Gasteiger partial charge on any atom is -0.462 e. The maximum Gasteiger partial charge on any atom is 0.348 e. The van der Waals surface area contributed by atoms with E-state index < -0.39 is 5.97 Å². The number of anilines is 1. The summed E-state index contributed by atoms with van der Waals surface area (Å²) in [4.78, 5) is 11.8. The smallest absolute Gasteiger partial charge is 0.348 e. The lowest BCUT2D eigenvalue weighted by atomic mass is 10.2. The topological polar surface area (TPSA) is 99.9 Å². The Labute approximate surface area is 113 Å². The Morgan fingerprint density at radius 1 is 1.61 bits per heavy atom. The maximum absolute atomic E-state index is 11.4. The molecule has 0 aliphatic rings. The third kappa shape index (κ3) is 2.80. The van der Waals surface area contributed by atoms with Crippen molar-refractivity contribution in [2.45, 2.75) is 6.92 Å². The first-order valence-corrected chi connectivity index (χ1v) is 6.01. The van der Waals surface area contributed by atoms with Gasteiger partial charge in [-0.25, -0.2) is 4.79 Å². The molecule has 0 bridgehead atoms. The first-order valence-electron chi connectivity index (χ1n) is 4.81. The van der Waals surface area contributed by atoms with Crippen molar-refractivity contribution >= 4 is 40.0 Å². The van der Waals surface area contributed by atoms with Gasteiger partial charge in [0.05, 0.1) is 16.5 Å². The van der Waals surface area contributed by atoms with Crippen LogP contribution in [0, 0.1) is 22.7 Å². The molecule has 1 aromatic heterocycles. The third-order valence-corrected chi connectivity index (χ3v) is 3.38. The van der Waals surface area contributed by atoms with Crippen molar-refractivity contribution in [2.24, 2.45) is 0 Å². The van der Waals surface area contributed by atoms with Crippen molar-refractivity contribution in [1.29, 1.82) is 10.5 Å². The monoisotopic (exact) mass is 281 g/mol. The van der Waals surface area contributed by atoms with E-state index in [0.29, 0.717) is 4.88 Å². The Morgan fingerprint density at radius 2 is 2.28 bits per heavy atom. The molecule has 1 heterocycles. The van der Waals surface area contributed by atoms with E-state index in [2.05, 4.69) is 0 Å². The largest absolute Gasteiger partial charge is 0.462 e. The maximum atomic E-state index is 11.4. The molecular weight excluding hydrogens is 274 g/mol. The zero-order chi connectivity index (χ0) is 13.7. The molecular formula is C11H8ClN3O2S. The van der Waals surface area contributed by atoms with E-state index in [-0.39, 0.29) is 27.8 Å². The molecule has 0 unspecified atom stereocenters. The lowest BCUT2D eigenvalue weighted by molar-refractivity contribution is -0.137. The number of nitrogens with two attached hydrogens (primary N) is 1. The number of nitrogen functional groups attached to an aromatic ring is 1. The van der Waals surface area contributed by atoms with Crippen LogP contribution in [0.15, 0.2) is 5.57 Å². The van der Waals surface area contributed by atoms with Crippen LogP contribution in [-0.4, -0.2) is 12.6 Å². The van der Waals surface area contributed by atoms with Crippen molar-refractivity contribution < 1.29 is 9.53 Å². The fourth-order valence-corrected chi connectivity index (χ4v) is 2.34. The molecule has 0 saturated heterocycles. The molecule has 0 aliphatic carbocycles. The predicted molar refractivity (Wildman–Crippen MR) is 68.7 cm³/mol. The number of esters is 1. The Kier molecular flexibility index (Phi) is 4.73. The van der Waals surface area contributed by atoms with Crippen LogP contribution in [-0.2, 0) is 9.53 Å². The minimum atomic E-state index is -0.735. The fourth-order valence-electron chi connectivity index (χ4n) is 1.12. The number of carbonyl (C=O) groups is 1. The SMILES string of the molecule is CCOC(=O)/C(C#N)=C/c1sc(N)c(C#N)c1Cl. The Balaban J connectivity index is 3.20. The molecule has 0 saturated carbocycles. The van der Waals surface area contributed by atoms with Gasteiger partial charge in [0, 0.05) is 0 Å². The molecule has 0 atom stereocenters. The quantitative estimate of drug-likeness (QED) is 0.520. The first-order chi connectivity index (χ1) is 8.54. The van der Waals surface area contributed by atoms with Crippen LogP contribution < -0.4 is 5.73 Å². The third-order valence-electron chi connectivity index (χ3n) is 1.91. The molecule has 5 nitrogen and oxygen atoms in total. The summed E-state index contributed by atoms with van der Waals surface area (Å²) in [6.07, 6.45) is 1.27. The van der Waals surface area contributed by atoms with Crippen LogP contribution in [0.3, 0.4) is 0 Å². The van der Waals surface area contributed by atoms with Gasteiger partial charge in [-0.3, -0.25) is 0 Å². The Morgan fingerprint density at radius 3 is 2.72 bits per heavy atom. The summed E-state index contributed by atoms with van der Waals surface area (Å²) in [7, 11) is 0. The van der Waals surface area contributed by atoms with E-state index in [9.17, 15) is 4.79 Å². The van der Waals surface area contributed by atoms with Gasteiger partial charge in [0.15, 0.2) is 0 Å². The second kappa shape index (κ2) is 6.06. The summed E-state index contributed by atoms with van der Waals surface area (Å²) in [6, 6.07) is 3.57. The van der Waals surface area contributed by atoms with Crippen molar-refractivity contribution in [3.63, 3.8) is 0 Å². The highest BCUT2D eigenvalue weighted by molar-refractivity contribution is 7.17. The van der Waals surface area contributed by atoms with Crippen LogP contribution in [0.1, 0.15) is 17.4 Å². The second-order valence-electron chi connectivity index (χ2n) is 3.02. The van der Waals surface area contributed by atoms with Gasteiger partial charge in [-0.2, -0.15) is 10.5 Å². The Hall–Kier alpha value is -2.02. The highest BCUT2D eigenvalue weighted by Gasteiger charge is 2.16. The molecule has 0 aromatic carbocycles. The molecule has 7 heteroatoms. The zero-order valence-corrected chi connectivity index (χ0v) is 10.9. The van der Waals surface area contributed by atoms with Crippen LogP contribution in [0.5, 0.6) is 0 Å². The summed E-state index contributed by atoms with van der Waals surface area (Å²) in [6.45, 7) is 1.80. The molecule has 92 valence electrons. The van der Waals surface area contributed by atoms with Gasteiger partial charge in [-0.1, -0.05) is 11.6 Å². The van der Waals surface area contributed by atoms with Gasteiger partial charge in [0.2, 0.25) is 0 Å². The molecule has 1 rings (SSSR count). The number of nitriles is 2. The number of halogens is 1. The van der Waals surface area contributed by atoms with Crippen LogP contribution in [0.2, 0.25) is 5.02 Å². The minimum absolute atomic E-state index is 0.136. The van der Waals surface area contributed by atoms with E-state index in [0.717, 1.165) is 11.3 Å². The van der Waals surface area contributed by atoms with Crippen molar-refractivity contribution in [3.05, 3.63) is 21.0 Å². The summed E-state index contributed by atoms with van der Waals surface area (Å²) in [5, 5.41) is 18.0. The first kappa shape index (κ1) is 14.0. The van der Waals surface area contributed by atoms with Crippen LogP contribution in [0.4, 0.5) is 5.00 Å². The zero-order valence-electron chi connectivity index (χ0n) is 9.36. The summed E-state index contributed by atoms with van der Waals surface area (Å²) in [5.41, 5.74) is 5.54. The second-order valence-corrected chi connectivity index (χ2v) is 4.48. The van der Waals surface area contributed by atoms with Gasteiger partial charge < -0.3 is 10.5 Å². The standard InChI is InChI=1S/C11H8ClN3O2S/c1-2-17-11(16)6(4-13)3-8-9(12)7(5-14)10(15)18-8/h3H,2,15H2,1H3/b6-3+. The van der Waals surface area contributed by atoms with E-state index >= 15 is 0 Å². The number of hydrogen-bond donors (Lipinski definition) is 1.